The molecular weight excluding hydrogens is 240 g/mol. The predicted octanol–water partition coefficient (Wildman–Crippen LogP) is 2.70. The van der Waals surface area contributed by atoms with Gasteiger partial charge in [-0.2, -0.15) is 0 Å². The fourth-order valence-electron chi connectivity index (χ4n) is 1.39. The van der Waals surface area contributed by atoms with Crippen LogP contribution < -0.4 is 10.6 Å². The van der Waals surface area contributed by atoms with Gasteiger partial charge in [-0.3, -0.25) is 9.59 Å². The molecule has 4 nitrogen and oxygen atoms in total. The van der Waals surface area contributed by atoms with Gasteiger partial charge in [-0.25, -0.2) is 0 Å². The Labute approximate surface area is 114 Å². The average Bonchev–Trinajstić information content (AvgIpc) is 2.37. The van der Waals surface area contributed by atoms with E-state index in [1.165, 1.54) is 6.92 Å². The summed E-state index contributed by atoms with van der Waals surface area (Å²) in [5, 5.41) is 5.63. The summed E-state index contributed by atoms with van der Waals surface area (Å²) in [6.45, 7) is 7.84. The van der Waals surface area contributed by atoms with Crippen LogP contribution in [-0.2, 0) is 16.1 Å². The molecule has 0 fully saturated rings. The van der Waals surface area contributed by atoms with Crippen molar-refractivity contribution in [3.63, 3.8) is 0 Å². The molecular formula is C15H22N2O2. The molecule has 0 aliphatic heterocycles. The van der Waals surface area contributed by atoms with Gasteiger partial charge in [-0.1, -0.05) is 32.9 Å². The summed E-state index contributed by atoms with van der Waals surface area (Å²) >= 11 is 0. The first kappa shape index (κ1) is 15.2. The maximum absolute atomic E-state index is 12.0. The highest BCUT2D eigenvalue weighted by Gasteiger charge is 2.25. The second kappa shape index (κ2) is 6.36. The molecule has 1 rings (SSSR count). The van der Waals surface area contributed by atoms with Crippen LogP contribution in [0.25, 0.3) is 0 Å². The monoisotopic (exact) mass is 262 g/mol. The normalized spacial score (nSPS) is 10.9. The highest BCUT2D eigenvalue weighted by Crippen LogP contribution is 2.22. The number of hydrogen-bond acceptors (Lipinski definition) is 2. The number of carbonyl (C=O) groups excluding carboxylic acids is 2. The Hall–Kier alpha value is -1.84. The van der Waals surface area contributed by atoms with Crippen LogP contribution in [0.2, 0.25) is 0 Å². The van der Waals surface area contributed by atoms with Crippen molar-refractivity contribution in [3.8, 4) is 0 Å². The van der Waals surface area contributed by atoms with E-state index in [2.05, 4.69) is 10.6 Å². The van der Waals surface area contributed by atoms with Crippen LogP contribution in [0.4, 0.5) is 5.69 Å². The minimum Gasteiger partial charge on any atom is -0.352 e. The van der Waals surface area contributed by atoms with E-state index in [9.17, 15) is 9.59 Å². The second-order valence-electron chi connectivity index (χ2n) is 5.30. The van der Waals surface area contributed by atoms with Gasteiger partial charge in [0.2, 0.25) is 11.8 Å². The van der Waals surface area contributed by atoms with Crippen LogP contribution in [0, 0.1) is 5.41 Å². The van der Waals surface area contributed by atoms with Crippen molar-refractivity contribution >= 4 is 17.5 Å². The van der Waals surface area contributed by atoms with Crippen molar-refractivity contribution in [2.45, 2.75) is 40.7 Å². The van der Waals surface area contributed by atoms with Gasteiger partial charge in [-0.05, 0) is 24.1 Å². The smallest absolute Gasteiger partial charge is 0.230 e. The Morgan fingerprint density at radius 3 is 2.21 bits per heavy atom. The third kappa shape index (κ3) is 4.73. The molecule has 0 aromatic heterocycles. The molecule has 2 N–H and O–H groups in total. The molecule has 19 heavy (non-hydrogen) atoms. The third-order valence-electron chi connectivity index (χ3n) is 3.25. The Morgan fingerprint density at radius 2 is 1.74 bits per heavy atom. The molecule has 0 aliphatic rings. The van der Waals surface area contributed by atoms with E-state index in [0.717, 1.165) is 17.7 Å². The first-order valence-corrected chi connectivity index (χ1v) is 6.50. The second-order valence-corrected chi connectivity index (χ2v) is 5.30. The van der Waals surface area contributed by atoms with Gasteiger partial charge in [0.1, 0.15) is 0 Å². The SMILES string of the molecule is CCC(C)(C)C(=O)Nc1ccc(CNC(C)=O)cc1. The summed E-state index contributed by atoms with van der Waals surface area (Å²) in [7, 11) is 0. The Balaban J connectivity index is 2.62. The van der Waals surface area contributed by atoms with Gasteiger partial charge >= 0.3 is 0 Å². The molecule has 0 saturated carbocycles. The average molecular weight is 262 g/mol. The van der Waals surface area contributed by atoms with Crippen LogP contribution in [0.1, 0.15) is 39.7 Å². The topological polar surface area (TPSA) is 58.2 Å². The highest BCUT2D eigenvalue weighted by molar-refractivity contribution is 5.94. The van der Waals surface area contributed by atoms with Crippen molar-refractivity contribution in [1.29, 1.82) is 0 Å². The summed E-state index contributed by atoms with van der Waals surface area (Å²) in [4.78, 5) is 22.8. The molecule has 0 aliphatic carbocycles. The van der Waals surface area contributed by atoms with Gasteiger partial charge in [0, 0.05) is 24.6 Å². The van der Waals surface area contributed by atoms with Crippen LogP contribution in [0.3, 0.4) is 0 Å². The van der Waals surface area contributed by atoms with Crippen LogP contribution >= 0.6 is 0 Å². The van der Waals surface area contributed by atoms with E-state index < -0.39 is 0 Å². The molecule has 4 heteroatoms. The molecule has 0 spiro atoms. The maximum atomic E-state index is 12.0. The van der Waals surface area contributed by atoms with E-state index in [1.54, 1.807) is 0 Å². The quantitative estimate of drug-likeness (QED) is 0.857. The van der Waals surface area contributed by atoms with Gasteiger partial charge in [0.25, 0.3) is 0 Å². The summed E-state index contributed by atoms with van der Waals surface area (Å²) in [6.07, 6.45) is 0.791. The number of anilines is 1. The maximum Gasteiger partial charge on any atom is 0.230 e. The Kier molecular flexibility index (Phi) is 5.10. The van der Waals surface area contributed by atoms with Crippen molar-refractivity contribution < 1.29 is 9.59 Å². The molecule has 1 aromatic rings. The molecule has 2 amide bonds. The molecule has 0 heterocycles. The van der Waals surface area contributed by atoms with Crippen molar-refractivity contribution in [2.24, 2.45) is 5.41 Å². The van der Waals surface area contributed by atoms with Gasteiger partial charge in [0.05, 0.1) is 0 Å². The van der Waals surface area contributed by atoms with E-state index in [1.807, 2.05) is 45.0 Å². The number of carbonyl (C=O) groups is 2. The highest BCUT2D eigenvalue weighted by atomic mass is 16.2. The molecule has 0 bridgehead atoms. The van der Waals surface area contributed by atoms with Crippen molar-refractivity contribution in [3.05, 3.63) is 29.8 Å². The van der Waals surface area contributed by atoms with Gasteiger partial charge in [0.15, 0.2) is 0 Å². The lowest BCUT2D eigenvalue weighted by molar-refractivity contribution is -0.124. The lowest BCUT2D eigenvalue weighted by atomic mass is 9.89. The zero-order chi connectivity index (χ0) is 14.5. The van der Waals surface area contributed by atoms with Crippen LogP contribution in [0.5, 0.6) is 0 Å². The Morgan fingerprint density at radius 1 is 1.16 bits per heavy atom. The van der Waals surface area contributed by atoms with E-state index >= 15 is 0 Å². The van der Waals surface area contributed by atoms with Crippen LogP contribution in [-0.4, -0.2) is 11.8 Å². The minimum atomic E-state index is -0.366. The first-order chi connectivity index (χ1) is 8.85. The fourth-order valence-corrected chi connectivity index (χ4v) is 1.39. The summed E-state index contributed by atoms with van der Waals surface area (Å²) in [6, 6.07) is 7.48. The number of benzene rings is 1. The van der Waals surface area contributed by atoms with Crippen molar-refractivity contribution in [2.75, 3.05) is 5.32 Å². The third-order valence-corrected chi connectivity index (χ3v) is 3.25. The number of nitrogens with one attached hydrogen (secondary N) is 2. The standard InChI is InChI=1S/C15H22N2O2/c1-5-15(3,4)14(19)17-13-8-6-12(7-9-13)10-16-11(2)18/h6-9H,5,10H2,1-4H3,(H,16,18)(H,17,19). The molecule has 0 radical (unpaired) electrons. The minimum absolute atomic E-state index is 0.0182. The lowest BCUT2D eigenvalue weighted by Crippen LogP contribution is -2.29. The predicted molar refractivity (Wildman–Crippen MR) is 76.7 cm³/mol. The Bertz CT molecular complexity index is 450. The lowest BCUT2D eigenvalue weighted by Gasteiger charge is -2.21. The van der Waals surface area contributed by atoms with E-state index in [4.69, 9.17) is 0 Å². The molecule has 1 aromatic carbocycles. The zero-order valence-corrected chi connectivity index (χ0v) is 12.0. The van der Waals surface area contributed by atoms with Crippen molar-refractivity contribution in [1.82, 2.24) is 5.32 Å². The number of amides is 2. The number of rotatable bonds is 5. The van der Waals surface area contributed by atoms with Crippen LogP contribution in [0.15, 0.2) is 24.3 Å². The van der Waals surface area contributed by atoms with Gasteiger partial charge < -0.3 is 10.6 Å². The van der Waals surface area contributed by atoms with E-state index in [-0.39, 0.29) is 17.2 Å². The fraction of sp³-hybridized carbons (Fsp3) is 0.467. The zero-order valence-electron chi connectivity index (χ0n) is 12.0. The van der Waals surface area contributed by atoms with E-state index in [0.29, 0.717) is 6.54 Å². The number of hydrogen-bond donors (Lipinski definition) is 2. The molecule has 0 atom stereocenters. The first-order valence-electron chi connectivity index (χ1n) is 6.50. The summed E-state index contributed by atoms with van der Waals surface area (Å²) in [5.41, 5.74) is 1.41. The molecule has 0 saturated heterocycles. The molecule has 0 unspecified atom stereocenters. The largest absolute Gasteiger partial charge is 0.352 e. The van der Waals surface area contributed by atoms with Gasteiger partial charge in [-0.15, -0.1) is 0 Å². The summed E-state index contributed by atoms with van der Waals surface area (Å²) in [5.74, 6) is -0.0355. The summed E-state index contributed by atoms with van der Waals surface area (Å²) < 4.78 is 0. The molecule has 104 valence electrons.